The Morgan fingerprint density at radius 1 is 1.22 bits per heavy atom. The molecule has 2 aromatic rings. The van der Waals surface area contributed by atoms with E-state index in [1.807, 2.05) is 0 Å². The lowest BCUT2D eigenvalue weighted by atomic mass is 9.78. The average molecular weight is 448 g/mol. The third kappa shape index (κ3) is 4.55. The number of hydrogen-bond donors (Lipinski definition) is 2. The van der Waals surface area contributed by atoms with Gasteiger partial charge in [-0.25, -0.2) is 9.97 Å². The van der Waals surface area contributed by atoms with Crippen molar-refractivity contribution in [1.29, 1.82) is 5.41 Å². The number of alkyl halides is 3. The quantitative estimate of drug-likeness (QED) is 0.698. The molecular formula is C22H28F3N7. The van der Waals surface area contributed by atoms with E-state index >= 15 is 0 Å². The molecule has 4 heterocycles. The maximum atomic E-state index is 13.0. The van der Waals surface area contributed by atoms with Gasteiger partial charge in [0.2, 0.25) is 0 Å². The Balaban J connectivity index is 1.75. The van der Waals surface area contributed by atoms with Crippen LogP contribution in [-0.4, -0.2) is 65.0 Å². The summed E-state index contributed by atoms with van der Waals surface area (Å²) in [5, 5.41) is 8.53. The molecule has 7 nitrogen and oxygen atoms in total. The Morgan fingerprint density at radius 3 is 2.47 bits per heavy atom. The molecule has 2 aromatic heterocycles. The van der Waals surface area contributed by atoms with Crippen molar-refractivity contribution in [2.45, 2.75) is 38.8 Å². The molecule has 3 N–H and O–H groups in total. The third-order valence-corrected chi connectivity index (χ3v) is 6.56. The van der Waals surface area contributed by atoms with Gasteiger partial charge in [0.15, 0.2) is 5.82 Å². The summed E-state index contributed by atoms with van der Waals surface area (Å²) >= 11 is 0. The molecule has 0 bridgehead atoms. The SMILES string of the molecule is CC(=N)/C(=C\N)c1nc(N2CCC3(CCN(C)C3)CC2)c2cc(CC(F)(F)F)ncc2n1. The Morgan fingerprint density at radius 2 is 1.91 bits per heavy atom. The Bertz CT molecular complexity index is 1060. The molecule has 0 aromatic carbocycles. The van der Waals surface area contributed by atoms with E-state index in [0.29, 0.717) is 27.7 Å². The summed E-state index contributed by atoms with van der Waals surface area (Å²) in [5.74, 6) is 0.867. The molecule has 10 heteroatoms. The van der Waals surface area contributed by atoms with Gasteiger partial charge in [0.05, 0.1) is 29.4 Å². The third-order valence-electron chi connectivity index (χ3n) is 6.56. The van der Waals surface area contributed by atoms with Gasteiger partial charge in [-0.2, -0.15) is 13.2 Å². The molecule has 172 valence electrons. The largest absolute Gasteiger partial charge is 0.404 e. The zero-order chi connectivity index (χ0) is 23.1. The van der Waals surface area contributed by atoms with E-state index in [1.54, 1.807) is 6.92 Å². The van der Waals surface area contributed by atoms with Gasteiger partial charge < -0.3 is 20.9 Å². The van der Waals surface area contributed by atoms with Gasteiger partial charge in [0, 0.05) is 36.9 Å². The monoisotopic (exact) mass is 447 g/mol. The van der Waals surface area contributed by atoms with E-state index in [4.69, 9.17) is 16.1 Å². The predicted octanol–water partition coefficient (Wildman–Crippen LogP) is 3.39. The number of halogens is 3. The Hall–Kier alpha value is -2.75. The number of nitrogens with zero attached hydrogens (tertiary/aromatic N) is 5. The summed E-state index contributed by atoms with van der Waals surface area (Å²) < 4.78 is 38.9. The first-order valence-corrected chi connectivity index (χ1v) is 10.7. The van der Waals surface area contributed by atoms with Gasteiger partial charge in [-0.1, -0.05) is 0 Å². The van der Waals surface area contributed by atoms with Gasteiger partial charge in [-0.15, -0.1) is 0 Å². The molecule has 0 radical (unpaired) electrons. The molecule has 0 amide bonds. The van der Waals surface area contributed by atoms with E-state index in [1.165, 1.54) is 24.9 Å². The van der Waals surface area contributed by atoms with Gasteiger partial charge >= 0.3 is 6.18 Å². The molecule has 2 aliphatic rings. The maximum Gasteiger partial charge on any atom is 0.394 e. The van der Waals surface area contributed by atoms with Crippen LogP contribution in [0.5, 0.6) is 0 Å². The smallest absolute Gasteiger partial charge is 0.394 e. The molecule has 0 aliphatic carbocycles. The number of pyridine rings is 1. The zero-order valence-electron chi connectivity index (χ0n) is 18.3. The van der Waals surface area contributed by atoms with Crippen LogP contribution in [0.2, 0.25) is 0 Å². The highest BCUT2D eigenvalue weighted by molar-refractivity contribution is 6.20. The first kappa shape index (κ1) is 22.4. The maximum absolute atomic E-state index is 13.0. The number of piperidine rings is 1. The van der Waals surface area contributed by atoms with Crippen LogP contribution in [0.15, 0.2) is 18.5 Å². The lowest BCUT2D eigenvalue weighted by Gasteiger charge is -2.40. The summed E-state index contributed by atoms with van der Waals surface area (Å²) in [4.78, 5) is 17.6. The van der Waals surface area contributed by atoms with Crippen LogP contribution in [0.1, 0.15) is 37.7 Å². The lowest BCUT2D eigenvalue weighted by molar-refractivity contribution is -0.127. The number of aromatic nitrogens is 3. The Kier molecular flexibility index (Phi) is 5.83. The fourth-order valence-corrected chi connectivity index (χ4v) is 4.85. The summed E-state index contributed by atoms with van der Waals surface area (Å²) in [6, 6.07) is 1.44. The summed E-state index contributed by atoms with van der Waals surface area (Å²) in [6.45, 7) is 5.29. The second kappa shape index (κ2) is 8.31. The van der Waals surface area contributed by atoms with Crippen LogP contribution in [0.4, 0.5) is 19.0 Å². The summed E-state index contributed by atoms with van der Waals surface area (Å²) in [5.41, 5.74) is 7.00. The molecule has 0 saturated carbocycles. The number of allylic oxidation sites excluding steroid dienone is 1. The standard InChI is InChI=1S/C22H28F3N7/c1-14(27)17(11-26)19-29-18-12-28-15(10-22(23,24)25)9-16(18)20(30-19)32-7-4-21(5-8-32)3-6-31(2)13-21/h9,11-12,27H,3-8,10,13,26H2,1-2H3/b17-11+,27-14?. The van der Waals surface area contributed by atoms with Crippen LogP contribution >= 0.6 is 0 Å². The number of anilines is 1. The molecule has 4 rings (SSSR count). The predicted molar refractivity (Wildman–Crippen MR) is 119 cm³/mol. The molecule has 0 unspecified atom stereocenters. The van der Waals surface area contributed by atoms with Crippen molar-refractivity contribution in [2.24, 2.45) is 11.1 Å². The average Bonchev–Trinajstić information content (AvgIpc) is 3.07. The molecule has 1 spiro atoms. The van der Waals surface area contributed by atoms with Crippen molar-refractivity contribution in [3.63, 3.8) is 0 Å². The topological polar surface area (TPSA) is 95.0 Å². The van der Waals surface area contributed by atoms with Crippen LogP contribution in [0, 0.1) is 10.8 Å². The molecule has 0 atom stereocenters. The number of hydrogen-bond acceptors (Lipinski definition) is 7. The number of rotatable bonds is 4. The number of likely N-dealkylation sites (tertiary alicyclic amines) is 1. The first-order valence-electron chi connectivity index (χ1n) is 10.7. The van der Waals surface area contributed by atoms with E-state index in [9.17, 15) is 13.2 Å². The normalized spacial score (nSPS) is 19.8. The van der Waals surface area contributed by atoms with Crippen molar-refractivity contribution in [3.8, 4) is 0 Å². The van der Waals surface area contributed by atoms with E-state index in [2.05, 4.69) is 26.8 Å². The fourth-order valence-electron chi connectivity index (χ4n) is 4.85. The fraction of sp³-hybridized carbons (Fsp3) is 0.545. The van der Waals surface area contributed by atoms with Gasteiger partial charge in [0.25, 0.3) is 0 Å². The highest BCUT2D eigenvalue weighted by atomic mass is 19.4. The van der Waals surface area contributed by atoms with Gasteiger partial charge in [0.1, 0.15) is 5.82 Å². The molecule has 2 saturated heterocycles. The summed E-state index contributed by atoms with van der Waals surface area (Å²) in [7, 11) is 2.14. The van der Waals surface area contributed by atoms with Crippen LogP contribution in [0.3, 0.4) is 0 Å². The zero-order valence-corrected chi connectivity index (χ0v) is 18.3. The number of nitrogens with one attached hydrogen (secondary N) is 1. The number of nitrogens with two attached hydrogens (primary N) is 1. The van der Waals surface area contributed by atoms with Crippen LogP contribution in [-0.2, 0) is 6.42 Å². The minimum atomic E-state index is -4.35. The van der Waals surface area contributed by atoms with Crippen molar-refractivity contribution in [3.05, 3.63) is 30.0 Å². The minimum Gasteiger partial charge on any atom is -0.404 e. The van der Waals surface area contributed by atoms with Crippen molar-refractivity contribution < 1.29 is 13.2 Å². The van der Waals surface area contributed by atoms with Crippen LogP contribution < -0.4 is 10.6 Å². The number of fused-ring (bicyclic) bond motifs is 1. The Labute approximate surface area is 185 Å². The molecule has 32 heavy (non-hydrogen) atoms. The van der Waals surface area contributed by atoms with E-state index in [0.717, 1.165) is 39.0 Å². The van der Waals surface area contributed by atoms with Crippen molar-refractivity contribution in [2.75, 3.05) is 38.1 Å². The van der Waals surface area contributed by atoms with Crippen molar-refractivity contribution >= 4 is 28.0 Å². The second-order valence-corrected chi connectivity index (χ2v) is 9.04. The molecule has 2 fully saturated rings. The lowest BCUT2D eigenvalue weighted by Crippen LogP contribution is -2.42. The van der Waals surface area contributed by atoms with Crippen LogP contribution in [0.25, 0.3) is 16.5 Å². The molecule has 2 aliphatic heterocycles. The van der Waals surface area contributed by atoms with E-state index in [-0.39, 0.29) is 17.2 Å². The highest BCUT2D eigenvalue weighted by Gasteiger charge is 2.40. The van der Waals surface area contributed by atoms with Gasteiger partial charge in [-0.3, -0.25) is 4.98 Å². The van der Waals surface area contributed by atoms with Crippen molar-refractivity contribution in [1.82, 2.24) is 19.9 Å². The summed E-state index contributed by atoms with van der Waals surface area (Å²) in [6.07, 6.45) is 0.366. The van der Waals surface area contributed by atoms with E-state index < -0.39 is 12.6 Å². The molecular weight excluding hydrogens is 419 g/mol. The van der Waals surface area contributed by atoms with Gasteiger partial charge in [-0.05, 0) is 51.3 Å². The minimum absolute atomic E-state index is 0.0636. The second-order valence-electron chi connectivity index (χ2n) is 9.04. The highest BCUT2D eigenvalue weighted by Crippen LogP contribution is 2.41. The first-order chi connectivity index (χ1) is 15.1.